The number of aromatic nitrogens is 1. The highest BCUT2D eigenvalue weighted by molar-refractivity contribution is 9.10. The number of benzene rings is 1. The van der Waals surface area contributed by atoms with Gasteiger partial charge in [-0.1, -0.05) is 25.1 Å². The summed E-state index contributed by atoms with van der Waals surface area (Å²) in [4.78, 5) is 4.38. The Morgan fingerprint density at radius 1 is 1.25 bits per heavy atom. The van der Waals surface area contributed by atoms with Crippen molar-refractivity contribution >= 4 is 15.9 Å². The fourth-order valence-electron chi connectivity index (χ4n) is 2.20. The van der Waals surface area contributed by atoms with Crippen molar-refractivity contribution in [3.63, 3.8) is 0 Å². The molecule has 0 saturated heterocycles. The molecule has 1 heterocycles. The van der Waals surface area contributed by atoms with Crippen molar-refractivity contribution in [2.45, 2.75) is 19.3 Å². The van der Waals surface area contributed by atoms with E-state index >= 15 is 0 Å². The first-order valence-corrected chi connectivity index (χ1v) is 7.55. The van der Waals surface area contributed by atoms with Crippen molar-refractivity contribution in [1.29, 1.82) is 0 Å². The van der Waals surface area contributed by atoms with Gasteiger partial charge in [-0.05, 0) is 52.7 Å². The number of hydrogen-bond donors (Lipinski definition) is 1. The van der Waals surface area contributed by atoms with Gasteiger partial charge in [0.1, 0.15) is 5.82 Å². The molecule has 20 heavy (non-hydrogen) atoms. The largest absolute Gasteiger partial charge is 0.316 e. The Kier molecular flexibility index (Phi) is 5.68. The second-order valence-corrected chi connectivity index (χ2v) is 5.61. The normalized spacial score (nSPS) is 12.3. The molecule has 2 rings (SSSR count). The van der Waals surface area contributed by atoms with E-state index in [0.717, 1.165) is 35.2 Å². The molecule has 2 nitrogen and oxygen atoms in total. The van der Waals surface area contributed by atoms with Crippen LogP contribution in [0.25, 0.3) is 0 Å². The molecular weight excluding hydrogens is 319 g/mol. The van der Waals surface area contributed by atoms with E-state index in [9.17, 15) is 4.39 Å². The molecule has 0 saturated carbocycles. The lowest BCUT2D eigenvalue weighted by Gasteiger charge is -2.18. The Balaban J connectivity index is 2.19. The quantitative estimate of drug-likeness (QED) is 0.864. The lowest BCUT2D eigenvalue weighted by atomic mass is 9.93. The lowest BCUT2D eigenvalue weighted by Crippen LogP contribution is -2.23. The monoisotopic (exact) mass is 336 g/mol. The second-order valence-electron chi connectivity index (χ2n) is 4.70. The van der Waals surface area contributed by atoms with Gasteiger partial charge in [0.25, 0.3) is 0 Å². The highest BCUT2D eigenvalue weighted by atomic mass is 79.9. The van der Waals surface area contributed by atoms with E-state index in [1.807, 2.05) is 24.3 Å². The van der Waals surface area contributed by atoms with Crippen LogP contribution in [-0.4, -0.2) is 18.1 Å². The Morgan fingerprint density at radius 2 is 2.05 bits per heavy atom. The maximum absolute atomic E-state index is 14.0. The zero-order valence-electron chi connectivity index (χ0n) is 11.4. The van der Waals surface area contributed by atoms with E-state index in [-0.39, 0.29) is 11.7 Å². The predicted molar refractivity (Wildman–Crippen MR) is 83.3 cm³/mol. The van der Waals surface area contributed by atoms with Crippen molar-refractivity contribution in [3.8, 4) is 0 Å². The van der Waals surface area contributed by atoms with Crippen LogP contribution in [-0.2, 0) is 6.42 Å². The molecule has 1 aromatic heterocycles. The van der Waals surface area contributed by atoms with Crippen LogP contribution in [0.5, 0.6) is 0 Å². The molecule has 0 aliphatic carbocycles. The van der Waals surface area contributed by atoms with Crippen molar-refractivity contribution in [3.05, 3.63) is 64.1 Å². The van der Waals surface area contributed by atoms with Crippen LogP contribution in [0.15, 0.2) is 47.1 Å². The van der Waals surface area contributed by atoms with Gasteiger partial charge >= 0.3 is 0 Å². The summed E-state index contributed by atoms with van der Waals surface area (Å²) in [6.45, 7) is 3.67. The van der Waals surface area contributed by atoms with Gasteiger partial charge in [0.2, 0.25) is 0 Å². The van der Waals surface area contributed by atoms with Gasteiger partial charge in [0.15, 0.2) is 0 Å². The Morgan fingerprint density at radius 3 is 2.70 bits per heavy atom. The Hall–Kier alpha value is -1.26. The molecule has 0 spiro atoms. The molecule has 1 N–H and O–H groups in total. The van der Waals surface area contributed by atoms with Crippen molar-refractivity contribution in [1.82, 2.24) is 10.3 Å². The lowest BCUT2D eigenvalue weighted by molar-refractivity contribution is 0.541. The first-order valence-electron chi connectivity index (χ1n) is 6.76. The summed E-state index contributed by atoms with van der Waals surface area (Å²) in [6, 6.07) is 10.9. The maximum atomic E-state index is 14.0. The summed E-state index contributed by atoms with van der Waals surface area (Å²) >= 11 is 3.38. The van der Waals surface area contributed by atoms with Crippen molar-refractivity contribution in [2.24, 2.45) is 0 Å². The topological polar surface area (TPSA) is 24.9 Å². The third kappa shape index (κ3) is 4.12. The van der Waals surface area contributed by atoms with E-state index in [1.165, 1.54) is 6.07 Å². The molecule has 2 aromatic rings. The first-order chi connectivity index (χ1) is 9.70. The van der Waals surface area contributed by atoms with Gasteiger partial charge in [-0.25, -0.2) is 4.39 Å². The predicted octanol–water partition coefficient (Wildman–Crippen LogP) is 3.92. The molecular formula is C16H18BrFN2. The summed E-state index contributed by atoms with van der Waals surface area (Å²) in [5.41, 5.74) is 1.72. The fraction of sp³-hybridized carbons (Fsp3) is 0.312. The minimum atomic E-state index is -0.146. The van der Waals surface area contributed by atoms with Crippen LogP contribution in [0.4, 0.5) is 4.39 Å². The molecule has 4 heteroatoms. The zero-order chi connectivity index (χ0) is 14.4. The summed E-state index contributed by atoms with van der Waals surface area (Å²) in [7, 11) is 0. The highest BCUT2D eigenvalue weighted by Gasteiger charge is 2.16. The fourth-order valence-corrected chi connectivity index (χ4v) is 2.43. The second kappa shape index (κ2) is 7.50. The summed E-state index contributed by atoms with van der Waals surface area (Å²) in [5, 5.41) is 3.30. The number of nitrogens with zero attached hydrogens (tertiary/aromatic N) is 1. The van der Waals surface area contributed by atoms with Crippen LogP contribution in [0, 0.1) is 5.82 Å². The van der Waals surface area contributed by atoms with E-state index < -0.39 is 0 Å². The van der Waals surface area contributed by atoms with Crippen LogP contribution >= 0.6 is 15.9 Å². The minimum absolute atomic E-state index is 0.0878. The molecule has 0 aliphatic rings. The Labute approximate surface area is 127 Å². The van der Waals surface area contributed by atoms with Crippen LogP contribution in [0.3, 0.4) is 0 Å². The summed E-state index contributed by atoms with van der Waals surface area (Å²) in [5.74, 6) is -0.0580. The molecule has 0 fully saturated rings. The van der Waals surface area contributed by atoms with E-state index in [1.54, 1.807) is 12.3 Å². The number of nitrogens with one attached hydrogen (secondary N) is 1. The standard InChI is InChI=1S/C16H18BrFN2/c1-2-19-10-12(15-5-3-4-6-16(15)18)9-14-8-7-13(17)11-20-14/h3-8,11-12,19H,2,9-10H2,1H3. The minimum Gasteiger partial charge on any atom is -0.316 e. The van der Waals surface area contributed by atoms with E-state index in [2.05, 4.69) is 33.2 Å². The van der Waals surface area contributed by atoms with Crippen LogP contribution in [0.1, 0.15) is 24.1 Å². The molecule has 1 unspecified atom stereocenters. The molecule has 106 valence electrons. The zero-order valence-corrected chi connectivity index (χ0v) is 13.0. The first kappa shape index (κ1) is 15.1. The third-order valence-electron chi connectivity index (χ3n) is 3.23. The van der Waals surface area contributed by atoms with Crippen LogP contribution in [0.2, 0.25) is 0 Å². The summed E-state index contributed by atoms with van der Waals surface area (Å²) in [6.07, 6.45) is 2.50. The number of halogens is 2. The van der Waals surface area contributed by atoms with Gasteiger partial charge in [-0.15, -0.1) is 0 Å². The number of likely N-dealkylation sites (N-methyl/N-ethyl adjacent to an activating group) is 1. The summed E-state index contributed by atoms with van der Waals surface area (Å²) < 4.78 is 14.9. The molecule has 0 bridgehead atoms. The molecule has 1 aromatic carbocycles. The van der Waals surface area contributed by atoms with E-state index in [0.29, 0.717) is 0 Å². The number of rotatable bonds is 6. The van der Waals surface area contributed by atoms with Gasteiger partial charge in [0, 0.05) is 28.8 Å². The average molecular weight is 337 g/mol. The molecule has 0 amide bonds. The molecule has 0 aliphatic heterocycles. The molecule has 0 radical (unpaired) electrons. The van der Waals surface area contributed by atoms with Crippen molar-refractivity contribution in [2.75, 3.05) is 13.1 Å². The number of hydrogen-bond acceptors (Lipinski definition) is 2. The smallest absolute Gasteiger partial charge is 0.126 e. The third-order valence-corrected chi connectivity index (χ3v) is 3.70. The number of pyridine rings is 1. The highest BCUT2D eigenvalue weighted by Crippen LogP contribution is 2.23. The average Bonchev–Trinajstić information content (AvgIpc) is 2.46. The van der Waals surface area contributed by atoms with Crippen LogP contribution < -0.4 is 5.32 Å². The molecule has 1 atom stereocenters. The van der Waals surface area contributed by atoms with Gasteiger partial charge < -0.3 is 5.32 Å². The Bertz CT molecular complexity index is 542. The van der Waals surface area contributed by atoms with Crippen molar-refractivity contribution < 1.29 is 4.39 Å². The SMILES string of the molecule is CCNCC(Cc1ccc(Br)cn1)c1ccccc1F. The van der Waals surface area contributed by atoms with Gasteiger partial charge in [0.05, 0.1) is 0 Å². The van der Waals surface area contributed by atoms with Gasteiger partial charge in [-0.3, -0.25) is 4.98 Å². The maximum Gasteiger partial charge on any atom is 0.126 e. The van der Waals surface area contributed by atoms with Gasteiger partial charge in [-0.2, -0.15) is 0 Å². The van der Waals surface area contributed by atoms with E-state index in [4.69, 9.17) is 0 Å².